The molecule has 114 valence electrons. The minimum atomic E-state index is -1.92. The summed E-state index contributed by atoms with van der Waals surface area (Å²) in [6.07, 6.45) is 0. The second-order valence-corrected chi connectivity index (χ2v) is 6.78. The zero-order valence-electron chi connectivity index (χ0n) is 11.9. The summed E-state index contributed by atoms with van der Waals surface area (Å²) in [5, 5.41) is 25.9. The number of fused-ring (bicyclic) bond motifs is 2. The van der Waals surface area contributed by atoms with Gasteiger partial charge in [0.05, 0.1) is 0 Å². The summed E-state index contributed by atoms with van der Waals surface area (Å²) in [4.78, 5) is 12.6. The van der Waals surface area contributed by atoms with E-state index >= 15 is 0 Å². The first-order chi connectivity index (χ1) is 11.0. The number of hydrogen-bond donors (Lipinski definition) is 3. The number of carbonyl (C=O) groups is 1. The Labute approximate surface area is 145 Å². The van der Waals surface area contributed by atoms with Crippen LogP contribution >= 0.6 is 22.6 Å². The normalized spacial score (nSPS) is 19.7. The Morgan fingerprint density at radius 1 is 1.04 bits per heavy atom. The lowest BCUT2D eigenvalue weighted by atomic mass is 9.84. The van der Waals surface area contributed by atoms with Gasteiger partial charge in [0, 0.05) is 20.4 Å². The predicted octanol–water partition coefficient (Wildman–Crippen LogP) is 3.34. The number of aromatic hydroxyl groups is 1. The number of hydrogen-bond acceptors (Lipinski definition) is 3. The Morgan fingerprint density at radius 2 is 1.83 bits per heavy atom. The van der Waals surface area contributed by atoms with E-state index in [4.69, 9.17) is 0 Å². The Hall–Kier alpha value is -2.12. The quantitative estimate of drug-likeness (QED) is 0.532. The highest BCUT2D eigenvalue weighted by atomic mass is 127. The Kier molecular flexibility index (Phi) is 3.11. The van der Waals surface area contributed by atoms with Crippen molar-refractivity contribution < 1.29 is 15.0 Å². The number of rotatable bonds is 1. The molecule has 0 aliphatic carbocycles. The number of phenolic OH excluding ortho intramolecular Hbond substituents is 1. The highest BCUT2D eigenvalue weighted by molar-refractivity contribution is 14.1. The third-order valence-corrected chi connectivity index (χ3v) is 4.89. The first-order valence-corrected chi connectivity index (χ1v) is 8.15. The van der Waals surface area contributed by atoms with Crippen LogP contribution in [-0.4, -0.2) is 16.1 Å². The molecular weight excluding hydrogens is 405 g/mol. The van der Waals surface area contributed by atoms with Gasteiger partial charge in [0.15, 0.2) is 0 Å². The van der Waals surface area contributed by atoms with Gasteiger partial charge in [0.1, 0.15) is 5.75 Å². The van der Waals surface area contributed by atoms with Crippen LogP contribution in [0, 0.1) is 3.57 Å². The number of phenols is 1. The van der Waals surface area contributed by atoms with E-state index in [0.29, 0.717) is 16.6 Å². The van der Waals surface area contributed by atoms with Gasteiger partial charge in [-0.25, -0.2) is 0 Å². The molecule has 3 aromatic rings. The summed E-state index contributed by atoms with van der Waals surface area (Å²) >= 11 is 2.13. The minimum Gasteiger partial charge on any atom is -0.508 e. The van der Waals surface area contributed by atoms with Gasteiger partial charge in [-0.05, 0) is 57.6 Å². The Balaban J connectivity index is 2.11. The number of nitrogens with one attached hydrogen (secondary N) is 1. The van der Waals surface area contributed by atoms with E-state index in [2.05, 4.69) is 27.9 Å². The zero-order valence-corrected chi connectivity index (χ0v) is 14.0. The van der Waals surface area contributed by atoms with E-state index in [-0.39, 0.29) is 11.3 Å². The van der Waals surface area contributed by atoms with Crippen molar-refractivity contribution in [2.24, 2.45) is 0 Å². The van der Waals surface area contributed by atoms with Crippen molar-refractivity contribution >= 4 is 45.0 Å². The zero-order chi connectivity index (χ0) is 16.2. The SMILES string of the molecule is O=C1Nc2ccc(I)cc2C1(O)c1c(O)ccc2ccccc12. The minimum absolute atomic E-state index is 0.104. The van der Waals surface area contributed by atoms with Crippen LogP contribution in [0.15, 0.2) is 54.6 Å². The number of benzene rings is 3. The average molecular weight is 417 g/mol. The highest BCUT2D eigenvalue weighted by Gasteiger charge is 2.49. The van der Waals surface area contributed by atoms with Crippen LogP contribution in [0.2, 0.25) is 0 Å². The van der Waals surface area contributed by atoms with Crippen LogP contribution in [-0.2, 0) is 10.4 Å². The lowest BCUT2D eigenvalue weighted by Crippen LogP contribution is -2.35. The molecule has 0 bridgehead atoms. The van der Waals surface area contributed by atoms with Gasteiger partial charge in [0.25, 0.3) is 5.91 Å². The maximum absolute atomic E-state index is 12.6. The van der Waals surface area contributed by atoms with Crippen molar-refractivity contribution in [1.82, 2.24) is 0 Å². The first kappa shape index (κ1) is 14.5. The summed E-state index contributed by atoms with van der Waals surface area (Å²) in [6.45, 7) is 0. The smallest absolute Gasteiger partial charge is 0.266 e. The lowest BCUT2D eigenvalue weighted by molar-refractivity contribution is -0.129. The summed E-state index contributed by atoms with van der Waals surface area (Å²) in [7, 11) is 0. The van der Waals surface area contributed by atoms with Gasteiger partial charge >= 0.3 is 0 Å². The molecule has 1 unspecified atom stereocenters. The molecule has 0 aromatic heterocycles. The largest absolute Gasteiger partial charge is 0.508 e. The van der Waals surface area contributed by atoms with E-state index in [9.17, 15) is 15.0 Å². The Morgan fingerprint density at radius 3 is 2.65 bits per heavy atom. The van der Waals surface area contributed by atoms with Gasteiger partial charge < -0.3 is 15.5 Å². The molecule has 0 saturated carbocycles. The van der Waals surface area contributed by atoms with Crippen LogP contribution in [0.1, 0.15) is 11.1 Å². The second-order valence-electron chi connectivity index (χ2n) is 5.54. The molecule has 1 aliphatic heterocycles. The van der Waals surface area contributed by atoms with Gasteiger partial charge in [-0.3, -0.25) is 4.79 Å². The Bertz CT molecular complexity index is 970. The molecule has 0 saturated heterocycles. The van der Waals surface area contributed by atoms with Crippen molar-refractivity contribution in [2.45, 2.75) is 5.60 Å². The fourth-order valence-electron chi connectivity index (χ4n) is 3.15. The summed E-state index contributed by atoms with van der Waals surface area (Å²) < 4.78 is 0.899. The molecule has 0 radical (unpaired) electrons. The van der Waals surface area contributed by atoms with E-state index in [0.717, 1.165) is 8.96 Å². The molecule has 23 heavy (non-hydrogen) atoms. The summed E-state index contributed by atoms with van der Waals surface area (Å²) in [5.41, 5.74) is -0.679. The third-order valence-electron chi connectivity index (χ3n) is 4.22. The molecular formula is C18H12INO3. The van der Waals surface area contributed by atoms with Crippen LogP contribution < -0.4 is 5.32 Å². The number of halogens is 1. The van der Waals surface area contributed by atoms with Crippen molar-refractivity contribution in [1.29, 1.82) is 0 Å². The third kappa shape index (κ3) is 1.96. The van der Waals surface area contributed by atoms with E-state index < -0.39 is 11.5 Å². The monoisotopic (exact) mass is 417 g/mol. The number of aliphatic hydroxyl groups is 1. The molecule has 4 rings (SSSR count). The summed E-state index contributed by atoms with van der Waals surface area (Å²) in [5.74, 6) is -0.658. The molecule has 1 amide bonds. The molecule has 0 fully saturated rings. The second kappa shape index (κ2) is 4.94. The maximum atomic E-state index is 12.6. The fraction of sp³-hybridized carbons (Fsp3) is 0.0556. The highest BCUT2D eigenvalue weighted by Crippen LogP contribution is 2.46. The van der Waals surface area contributed by atoms with Crippen molar-refractivity contribution in [3.63, 3.8) is 0 Å². The van der Waals surface area contributed by atoms with E-state index in [1.54, 1.807) is 24.3 Å². The average Bonchev–Trinajstić information content (AvgIpc) is 2.79. The van der Waals surface area contributed by atoms with Gasteiger partial charge in [-0.15, -0.1) is 0 Å². The maximum Gasteiger partial charge on any atom is 0.266 e. The molecule has 0 spiro atoms. The number of carbonyl (C=O) groups excluding carboxylic acids is 1. The van der Waals surface area contributed by atoms with Crippen molar-refractivity contribution in [2.75, 3.05) is 5.32 Å². The summed E-state index contributed by atoms with van der Waals surface area (Å²) in [6, 6.07) is 16.0. The van der Waals surface area contributed by atoms with Gasteiger partial charge in [0.2, 0.25) is 5.60 Å². The molecule has 5 heteroatoms. The van der Waals surface area contributed by atoms with Gasteiger partial charge in [-0.1, -0.05) is 30.3 Å². The van der Waals surface area contributed by atoms with Crippen LogP contribution in [0.5, 0.6) is 5.75 Å². The molecule has 1 atom stereocenters. The first-order valence-electron chi connectivity index (χ1n) is 7.07. The van der Waals surface area contributed by atoms with Crippen LogP contribution in [0.3, 0.4) is 0 Å². The predicted molar refractivity (Wildman–Crippen MR) is 96.4 cm³/mol. The van der Waals surface area contributed by atoms with Crippen LogP contribution in [0.4, 0.5) is 5.69 Å². The van der Waals surface area contributed by atoms with Gasteiger partial charge in [-0.2, -0.15) is 0 Å². The van der Waals surface area contributed by atoms with E-state index in [1.807, 2.05) is 24.3 Å². The molecule has 3 aromatic carbocycles. The topological polar surface area (TPSA) is 69.6 Å². The molecule has 3 N–H and O–H groups in total. The van der Waals surface area contributed by atoms with Crippen LogP contribution in [0.25, 0.3) is 10.8 Å². The van der Waals surface area contributed by atoms with E-state index in [1.165, 1.54) is 6.07 Å². The fourth-order valence-corrected chi connectivity index (χ4v) is 3.64. The molecule has 1 heterocycles. The van der Waals surface area contributed by atoms with Crippen molar-refractivity contribution in [3.8, 4) is 5.75 Å². The molecule has 1 aliphatic rings. The number of amides is 1. The molecule has 4 nitrogen and oxygen atoms in total. The van der Waals surface area contributed by atoms with Crippen molar-refractivity contribution in [3.05, 3.63) is 69.3 Å². The number of anilines is 1. The lowest BCUT2D eigenvalue weighted by Gasteiger charge is -2.24. The standard InChI is InChI=1S/C18H12INO3/c19-11-6-7-14-13(9-11)18(23,17(22)20-14)16-12-4-2-1-3-10(12)5-8-15(16)21/h1-9,21,23H,(H,20,22).